The molecule has 0 saturated heterocycles. The molecule has 0 unspecified atom stereocenters. The van der Waals surface area contributed by atoms with Gasteiger partial charge in [-0.2, -0.15) is 5.26 Å². The van der Waals surface area contributed by atoms with Crippen LogP contribution in [-0.4, -0.2) is 15.7 Å². The van der Waals surface area contributed by atoms with Crippen LogP contribution in [0.25, 0.3) is 0 Å². The van der Waals surface area contributed by atoms with Crippen molar-refractivity contribution in [3.63, 3.8) is 0 Å². The van der Waals surface area contributed by atoms with E-state index in [1.807, 2.05) is 13.8 Å². The molecule has 3 N–H and O–H groups in total. The predicted molar refractivity (Wildman–Crippen MR) is 68.6 cm³/mol. The van der Waals surface area contributed by atoms with E-state index in [-0.39, 0.29) is 16.8 Å². The molecule has 0 saturated carbocycles. The summed E-state index contributed by atoms with van der Waals surface area (Å²) in [5.74, 6) is 1.03. The van der Waals surface area contributed by atoms with Crippen LogP contribution in [0.5, 0.6) is 0 Å². The van der Waals surface area contributed by atoms with Crippen LogP contribution in [0.2, 0.25) is 0 Å². The number of aromatic nitrogens is 2. The Labute approximate surface area is 104 Å². The van der Waals surface area contributed by atoms with Crippen LogP contribution < -0.4 is 11.3 Å². The molecule has 0 aliphatic carbocycles. The third-order valence-corrected chi connectivity index (χ3v) is 3.19. The lowest BCUT2D eigenvalue weighted by Gasteiger charge is -2.13. The van der Waals surface area contributed by atoms with Gasteiger partial charge in [0, 0.05) is 11.8 Å². The maximum absolute atomic E-state index is 11.1. The Bertz CT molecular complexity index is 475. The highest BCUT2D eigenvalue weighted by molar-refractivity contribution is 7.99. The van der Waals surface area contributed by atoms with E-state index in [9.17, 15) is 4.79 Å². The van der Waals surface area contributed by atoms with Crippen LogP contribution in [0.4, 0.5) is 5.82 Å². The molecule has 0 aliphatic heterocycles. The van der Waals surface area contributed by atoms with Gasteiger partial charge >= 0.3 is 0 Å². The SMILES string of the molecule is CC(C)(C#N)CCCSc1nc(N)cc(=O)[nH]1. The highest BCUT2D eigenvalue weighted by atomic mass is 32.2. The number of H-pyrrole nitrogens is 1. The minimum absolute atomic E-state index is 0.230. The molecule has 0 radical (unpaired) electrons. The number of nitrogens with two attached hydrogens (primary N) is 1. The molecule has 92 valence electrons. The summed E-state index contributed by atoms with van der Waals surface area (Å²) >= 11 is 1.44. The second-order valence-corrected chi connectivity index (χ2v) is 5.51. The molecule has 1 heterocycles. The van der Waals surface area contributed by atoms with E-state index in [1.54, 1.807) is 0 Å². The fourth-order valence-corrected chi connectivity index (χ4v) is 2.09. The lowest BCUT2D eigenvalue weighted by atomic mass is 9.90. The molecule has 0 fully saturated rings. The number of hydrogen-bond donors (Lipinski definition) is 2. The van der Waals surface area contributed by atoms with Crippen molar-refractivity contribution in [3.8, 4) is 6.07 Å². The summed E-state index contributed by atoms with van der Waals surface area (Å²) in [5, 5.41) is 9.38. The summed E-state index contributed by atoms with van der Waals surface area (Å²) < 4.78 is 0. The number of nitriles is 1. The van der Waals surface area contributed by atoms with E-state index in [0.29, 0.717) is 5.16 Å². The van der Waals surface area contributed by atoms with Crippen molar-refractivity contribution in [2.45, 2.75) is 31.8 Å². The predicted octanol–water partition coefficient (Wildman–Crippen LogP) is 1.77. The summed E-state index contributed by atoms with van der Waals surface area (Å²) in [6, 6.07) is 3.51. The zero-order valence-corrected chi connectivity index (χ0v) is 10.8. The first kappa shape index (κ1) is 13.6. The Morgan fingerprint density at radius 2 is 2.35 bits per heavy atom. The first-order valence-electron chi connectivity index (χ1n) is 5.34. The molecular weight excluding hydrogens is 236 g/mol. The Morgan fingerprint density at radius 3 is 2.94 bits per heavy atom. The Balaban J connectivity index is 2.42. The molecule has 1 aromatic rings. The Kier molecular flexibility index (Phi) is 4.58. The van der Waals surface area contributed by atoms with Crippen molar-refractivity contribution in [1.29, 1.82) is 5.26 Å². The second kappa shape index (κ2) is 5.73. The highest BCUT2D eigenvalue weighted by Crippen LogP contribution is 2.23. The number of aromatic amines is 1. The van der Waals surface area contributed by atoms with Crippen LogP contribution >= 0.6 is 11.8 Å². The fourth-order valence-electron chi connectivity index (χ4n) is 1.26. The van der Waals surface area contributed by atoms with Crippen molar-refractivity contribution in [2.75, 3.05) is 11.5 Å². The smallest absolute Gasteiger partial charge is 0.253 e. The molecule has 5 nitrogen and oxygen atoms in total. The zero-order chi connectivity index (χ0) is 12.9. The first-order valence-corrected chi connectivity index (χ1v) is 6.32. The number of nitrogens with zero attached hydrogens (tertiary/aromatic N) is 2. The van der Waals surface area contributed by atoms with Gasteiger partial charge in [0.2, 0.25) is 0 Å². The van der Waals surface area contributed by atoms with Crippen LogP contribution in [0, 0.1) is 16.7 Å². The minimum Gasteiger partial charge on any atom is -0.383 e. The van der Waals surface area contributed by atoms with E-state index >= 15 is 0 Å². The van der Waals surface area contributed by atoms with E-state index < -0.39 is 0 Å². The summed E-state index contributed by atoms with van der Waals surface area (Å²) in [4.78, 5) is 17.7. The molecule has 1 aromatic heterocycles. The second-order valence-electron chi connectivity index (χ2n) is 4.42. The lowest BCUT2D eigenvalue weighted by Crippen LogP contribution is -2.10. The Hall–Kier alpha value is -1.48. The summed E-state index contributed by atoms with van der Waals surface area (Å²) in [7, 11) is 0. The Morgan fingerprint density at radius 1 is 1.65 bits per heavy atom. The van der Waals surface area contributed by atoms with Gasteiger partial charge in [0.25, 0.3) is 5.56 Å². The number of thioether (sulfide) groups is 1. The van der Waals surface area contributed by atoms with Gasteiger partial charge in [0.1, 0.15) is 5.82 Å². The van der Waals surface area contributed by atoms with Gasteiger partial charge in [-0.25, -0.2) is 4.98 Å². The van der Waals surface area contributed by atoms with Crippen molar-refractivity contribution in [2.24, 2.45) is 5.41 Å². The lowest BCUT2D eigenvalue weighted by molar-refractivity contribution is 0.447. The van der Waals surface area contributed by atoms with Crippen molar-refractivity contribution < 1.29 is 0 Å². The number of nitrogens with one attached hydrogen (secondary N) is 1. The van der Waals surface area contributed by atoms with Gasteiger partial charge < -0.3 is 10.7 Å². The van der Waals surface area contributed by atoms with Gasteiger partial charge in [-0.05, 0) is 26.7 Å². The minimum atomic E-state index is -0.295. The van der Waals surface area contributed by atoms with Gasteiger partial charge in [-0.3, -0.25) is 4.79 Å². The van der Waals surface area contributed by atoms with E-state index in [2.05, 4.69) is 16.0 Å². The zero-order valence-electron chi connectivity index (χ0n) is 9.99. The summed E-state index contributed by atoms with van der Waals surface area (Å²) in [6.45, 7) is 3.83. The first-order chi connectivity index (χ1) is 7.93. The van der Waals surface area contributed by atoms with Crippen LogP contribution in [0.15, 0.2) is 16.0 Å². The summed E-state index contributed by atoms with van der Waals surface area (Å²) in [6.07, 6.45) is 1.72. The van der Waals surface area contributed by atoms with E-state index in [4.69, 9.17) is 11.0 Å². The van der Waals surface area contributed by atoms with Crippen molar-refractivity contribution in [3.05, 3.63) is 16.4 Å². The molecule has 1 rings (SSSR count). The molecule has 0 amide bonds. The van der Waals surface area contributed by atoms with Gasteiger partial charge in [-0.15, -0.1) is 0 Å². The molecule has 0 aliphatic rings. The number of nitrogen functional groups attached to an aromatic ring is 1. The molecule has 0 bridgehead atoms. The number of hydrogen-bond acceptors (Lipinski definition) is 5. The van der Waals surface area contributed by atoms with Crippen molar-refractivity contribution in [1.82, 2.24) is 9.97 Å². The monoisotopic (exact) mass is 252 g/mol. The molecule has 6 heteroatoms. The van der Waals surface area contributed by atoms with E-state index in [0.717, 1.165) is 18.6 Å². The molecule has 0 atom stereocenters. The van der Waals surface area contributed by atoms with Gasteiger partial charge in [0.15, 0.2) is 5.16 Å². The normalized spacial score (nSPS) is 11.1. The van der Waals surface area contributed by atoms with Gasteiger partial charge in [0.05, 0.1) is 11.5 Å². The third-order valence-electron chi connectivity index (χ3n) is 2.23. The molecule has 0 spiro atoms. The standard InChI is InChI=1S/C11H16N4OS/c1-11(2,7-12)4-3-5-17-10-14-8(13)6-9(16)15-10/h6H,3-5H2,1-2H3,(H3,13,14,15,16). The van der Waals surface area contributed by atoms with Crippen LogP contribution in [0.3, 0.4) is 0 Å². The number of rotatable bonds is 5. The fraction of sp³-hybridized carbons (Fsp3) is 0.545. The highest BCUT2D eigenvalue weighted by Gasteiger charge is 2.15. The summed E-state index contributed by atoms with van der Waals surface area (Å²) in [5.41, 5.74) is 4.93. The maximum Gasteiger partial charge on any atom is 0.253 e. The molecule has 17 heavy (non-hydrogen) atoms. The maximum atomic E-state index is 11.1. The average Bonchev–Trinajstić information content (AvgIpc) is 2.23. The molecule has 0 aromatic carbocycles. The molecular formula is C11H16N4OS. The van der Waals surface area contributed by atoms with Crippen LogP contribution in [0.1, 0.15) is 26.7 Å². The van der Waals surface area contributed by atoms with Crippen LogP contribution in [-0.2, 0) is 0 Å². The number of anilines is 1. The quantitative estimate of drug-likeness (QED) is 0.473. The average molecular weight is 252 g/mol. The topological polar surface area (TPSA) is 95.6 Å². The third kappa shape index (κ3) is 4.91. The van der Waals surface area contributed by atoms with E-state index in [1.165, 1.54) is 17.8 Å². The largest absolute Gasteiger partial charge is 0.383 e. The van der Waals surface area contributed by atoms with Crippen molar-refractivity contribution >= 4 is 17.6 Å². The van der Waals surface area contributed by atoms with Gasteiger partial charge in [-0.1, -0.05) is 11.8 Å².